The summed E-state index contributed by atoms with van der Waals surface area (Å²) in [5.74, 6) is 0.405. The van der Waals surface area contributed by atoms with Gasteiger partial charge in [-0.2, -0.15) is 13.2 Å². The van der Waals surface area contributed by atoms with E-state index in [2.05, 4.69) is 10.1 Å². The lowest BCUT2D eigenvalue weighted by Gasteiger charge is -2.27. The number of carbonyl (C=O) groups is 1. The molecule has 1 aliphatic heterocycles. The zero-order chi connectivity index (χ0) is 24.4. The van der Waals surface area contributed by atoms with Crippen LogP contribution in [0.25, 0.3) is 10.9 Å². The lowest BCUT2D eigenvalue weighted by molar-refractivity contribution is -0.139. The van der Waals surface area contributed by atoms with E-state index in [0.29, 0.717) is 24.0 Å². The molecule has 0 amide bonds. The minimum Gasteiger partial charge on any atom is -0.462 e. The van der Waals surface area contributed by atoms with E-state index in [0.717, 1.165) is 40.1 Å². The molecule has 1 fully saturated rings. The molecule has 3 aromatic rings. The Bertz CT molecular complexity index is 1240. The number of carbonyl (C=O) groups excluding carboxylic acids is 1. The number of aromatic nitrogens is 1. The maximum atomic E-state index is 12.9. The van der Waals surface area contributed by atoms with Crippen molar-refractivity contribution in [3.05, 3.63) is 65.9 Å². The largest absolute Gasteiger partial charge is 0.462 e. The Morgan fingerprint density at radius 1 is 1.06 bits per heavy atom. The van der Waals surface area contributed by atoms with Gasteiger partial charge in [0, 0.05) is 30.6 Å². The van der Waals surface area contributed by atoms with E-state index >= 15 is 0 Å². The fourth-order valence-electron chi connectivity index (χ4n) is 3.21. The van der Waals surface area contributed by atoms with Crippen molar-refractivity contribution in [1.29, 1.82) is 0 Å². The van der Waals surface area contributed by atoms with Crippen molar-refractivity contribution >= 4 is 27.4 Å². The van der Waals surface area contributed by atoms with Gasteiger partial charge in [-0.15, -0.1) is 0 Å². The van der Waals surface area contributed by atoms with E-state index in [-0.39, 0.29) is 5.60 Å². The molecule has 0 atom stereocenters. The highest BCUT2D eigenvalue weighted by Gasteiger charge is 2.32. The van der Waals surface area contributed by atoms with Crippen LogP contribution in [0.15, 0.2) is 59.6 Å². The van der Waals surface area contributed by atoms with Crippen molar-refractivity contribution in [2.45, 2.75) is 43.4 Å². The summed E-state index contributed by atoms with van der Waals surface area (Å²) >= 11 is 0. The number of hydrogen-bond acceptors (Lipinski definition) is 5. The number of halogens is 3. The van der Waals surface area contributed by atoms with E-state index in [9.17, 15) is 26.4 Å². The maximum absolute atomic E-state index is 12.9. The van der Waals surface area contributed by atoms with Gasteiger partial charge in [0.1, 0.15) is 5.60 Å². The summed E-state index contributed by atoms with van der Waals surface area (Å²) in [5, 5.41) is 3.92. The van der Waals surface area contributed by atoms with Gasteiger partial charge < -0.3 is 10.1 Å². The molecular weight excluding hydrogens is 457 g/mol. The number of hydrogen-bond donors (Lipinski definition) is 1. The molecule has 0 bridgehead atoms. The van der Waals surface area contributed by atoms with Crippen LogP contribution < -0.4 is 5.32 Å². The highest BCUT2D eigenvalue weighted by molar-refractivity contribution is 7.90. The predicted octanol–water partition coefficient (Wildman–Crippen LogP) is 4.54. The summed E-state index contributed by atoms with van der Waals surface area (Å²) in [7, 11) is -4.13. The maximum Gasteiger partial charge on any atom is 0.416 e. The molecule has 4 rings (SSSR count). The summed E-state index contributed by atoms with van der Waals surface area (Å²) in [5.41, 5.74) is 0.251. The molecule has 1 saturated heterocycles. The number of nitrogens with one attached hydrogen (secondary N) is 1. The molecule has 0 unspecified atom stereocenters. The van der Waals surface area contributed by atoms with Crippen molar-refractivity contribution in [2.75, 3.05) is 13.1 Å². The fourth-order valence-corrected chi connectivity index (χ4v) is 4.61. The third-order valence-corrected chi connectivity index (χ3v) is 6.74. The van der Waals surface area contributed by atoms with Gasteiger partial charge in [0.25, 0.3) is 16.5 Å². The quantitative estimate of drug-likeness (QED) is 0.553. The van der Waals surface area contributed by atoms with Crippen LogP contribution in [0.1, 0.15) is 37.8 Å². The normalized spacial score (nSPS) is 14.8. The van der Waals surface area contributed by atoms with Crippen LogP contribution in [0.2, 0.25) is 0 Å². The second-order valence-corrected chi connectivity index (χ2v) is 10.5. The van der Waals surface area contributed by atoms with Gasteiger partial charge in [-0.25, -0.2) is 12.4 Å². The smallest absolute Gasteiger partial charge is 0.416 e. The Morgan fingerprint density at radius 2 is 1.76 bits per heavy atom. The lowest BCUT2D eigenvalue weighted by atomic mass is 9.93. The molecule has 1 N–H and O–H groups in total. The second kappa shape index (κ2) is 9.18. The average molecular weight is 483 g/mol. The molecule has 2 aromatic carbocycles. The summed E-state index contributed by atoms with van der Waals surface area (Å²) in [6, 6.07) is 10.9. The molecule has 0 aliphatic carbocycles. The Labute approximate surface area is 190 Å². The van der Waals surface area contributed by atoms with Gasteiger partial charge in [0.2, 0.25) is 0 Å². The summed E-state index contributed by atoms with van der Waals surface area (Å²) < 4.78 is 70.0. The number of ether oxygens (including phenoxy) is 1. The highest BCUT2D eigenvalue weighted by Crippen LogP contribution is 2.32. The van der Waals surface area contributed by atoms with Crippen LogP contribution in [0, 0.1) is 0 Å². The first-order valence-corrected chi connectivity index (χ1v) is 11.6. The van der Waals surface area contributed by atoms with Gasteiger partial charge >= 0.3 is 6.18 Å². The number of alkyl halides is 3. The monoisotopic (exact) mass is 482 g/mol. The fraction of sp³-hybridized carbons (Fsp3) is 0.348. The van der Waals surface area contributed by atoms with E-state index in [1.54, 1.807) is 12.1 Å². The molecule has 1 aromatic heterocycles. The number of nitrogens with zero attached hydrogens (tertiary/aromatic N) is 1. The Morgan fingerprint density at radius 3 is 2.27 bits per heavy atom. The van der Waals surface area contributed by atoms with Crippen molar-refractivity contribution in [3.63, 3.8) is 0 Å². The molecule has 2 heterocycles. The van der Waals surface area contributed by atoms with Crippen LogP contribution in [0.4, 0.5) is 13.2 Å². The van der Waals surface area contributed by atoms with Gasteiger partial charge in [-0.3, -0.25) is 4.79 Å². The minimum atomic E-state index is -4.60. The zero-order valence-electron chi connectivity index (χ0n) is 18.4. The SMILES string of the molecule is CC(C)(C)OC=O.O=S(=O)(c1cccc(C(F)(F)F)c1)n1ccc2cc(C3CNC3)ccc21. The number of benzene rings is 2. The first kappa shape index (κ1) is 24.8. The Hall–Kier alpha value is -2.85. The van der Waals surface area contributed by atoms with Crippen LogP contribution in [-0.4, -0.2) is 37.6 Å². The minimum absolute atomic E-state index is 0.318. The molecular formula is C23H25F3N2O4S. The third-order valence-electron chi connectivity index (χ3n) is 5.05. The van der Waals surface area contributed by atoms with E-state index in [4.69, 9.17) is 0 Å². The molecule has 178 valence electrons. The van der Waals surface area contributed by atoms with Crippen molar-refractivity contribution < 1.29 is 31.1 Å². The molecule has 6 nitrogen and oxygen atoms in total. The summed E-state index contributed by atoms with van der Waals surface area (Å²) in [4.78, 5) is 9.21. The van der Waals surface area contributed by atoms with Gasteiger partial charge in [0.15, 0.2) is 0 Å². The molecule has 1 aliphatic rings. The Balaban J connectivity index is 0.000000383. The van der Waals surface area contributed by atoms with Gasteiger partial charge in [-0.1, -0.05) is 12.1 Å². The molecule has 0 saturated carbocycles. The van der Waals surface area contributed by atoms with Gasteiger partial charge in [0.05, 0.1) is 16.0 Å². The van der Waals surface area contributed by atoms with E-state index in [1.165, 1.54) is 12.3 Å². The van der Waals surface area contributed by atoms with E-state index in [1.807, 2.05) is 32.9 Å². The molecule has 10 heteroatoms. The first-order chi connectivity index (χ1) is 15.3. The predicted molar refractivity (Wildman–Crippen MR) is 118 cm³/mol. The van der Waals surface area contributed by atoms with Crippen LogP contribution in [-0.2, 0) is 25.7 Å². The number of rotatable bonds is 4. The average Bonchev–Trinajstić information content (AvgIpc) is 3.10. The summed E-state index contributed by atoms with van der Waals surface area (Å²) in [6.07, 6.45) is -3.22. The third kappa shape index (κ3) is 5.75. The second-order valence-electron chi connectivity index (χ2n) is 8.64. The highest BCUT2D eigenvalue weighted by atomic mass is 32.2. The van der Waals surface area contributed by atoms with Crippen molar-refractivity contribution in [1.82, 2.24) is 9.29 Å². The summed E-state index contributed by atoms with van der Waals surface area (Å²) in [6.45, 7) is 7.69. The zero-order valence-corrected chi connectivity index (χ0v) is 19.2. The lowest BCUT2D eigenvalue weighted by Crippen LogP contribution is -2.39. The molecule has 0 spiro atoms. The van der Waals surface area contributed by atoms with Gasteiger partial charge in [-0.05, 0) is 62.7 Å². The molecule has 33 heavy (non-hydrogen) atoms. The first-order valence-electron chi connectivity index (χ1n) is 10.2. The Kier molecular flexibility index (Phi) is 6.90. The topological polar surface area (TPSA) is 77.4 Å². The standard InChI is InChI=1S/C18H15F3N2O2S.C5H10O2/c19-18(20,21)15-2-1-3-16(9-15)26(24,25)23-7-6-13-8-12(4-5-17(13)23)14-10-22-11-14;1-5(2,3)7-4-6/h1-9,14,22H,10-11H2;4H,1-3H3. The van der Waals surface area contributed by atoms with Crippen molar-refractivity contribution in [2.24, 2.45) is 0 Å². The van der Waals surface area contributed by atoms with Crippen LogP contribution in [0.5, 0.6) is 0 Å². The van der Waals surface area contributed by atoms with E-state index < -0.39 is 26.7 Å². The molecule has 0 radical (unpaired) electrons. The van der Waals surface area contributed by atoms with Crippen molar-refractivity contribution in [3.8, 4) is 0 Å². The van der Waals surface area contributed by atoms with Crippen LogP contribution >= 0.6 is 0 Å². The number of fused-ring (bicyclic) bond motifs is 1. The van der Waals surface area contributed by atoms with Crippen LogP contribution in [0.3, 0.4) is 0 Å².